The van der Waals surface area contributed by atoms with Crippen molar-refractivity contribution < 1.29 is 18.0 Å². The average Bonchev–Trinajstić information content (AvgIpc) is 3.15. The molecule has 0 saturated carbocycles. The highest BCUT2D eigenvalue weighted by molar-refractivity contribution is 7.88. The minimum atomic E-state index is -3.20. The molecule has 142 valence electrons. The quantitative estimate of drug-likeness (QED) is 0.860. The predicted octanol–water partition coefficient (Wildman–Crippen LogP) is 1.53. The number of rotatable bonds is 4. The van der Waals surface area contributed by atoms with E-state index >= 15 is 0 Å². The van der Waals surface area contributed by atoms with Crippen molar-refractivity contribution in [3.8, 4) is 0 Å². The Morgan fingerprint density at radius 1 is 1.08 bits per heavy atom. The van der Waals surface area contributed by atoms with Crippen molar-refractivity contribution in [1.82, 2.24) is 9.21 Å². The molecule has 26 heavy (non-hydrogen) atoms. The van der Waals surface area contributed by atoms with Gasteiger partial charge in [0.2, 0.25) is 15.9 Å². The lowest BCUT2D eigenvalue weighted by Gasteiger charge is -2.29. The van der Waals surface area contributed by atoms with Gasteiger partial charge in [-0.15, -0.1) is 0 Å². The molecule has 0 unspecified atom stereocenters. The highest BCUT2D eigenvalue weighted by Gasteiger charge is 2.29. The first-order valence-corrected chi connectivity index (χ1v) is 10.8. The van der Waals surface area contributed by atoms with Gasteiger partial charge in [-0.25, -0.2) is 12.7 Å². The molecule has 0 atom stereocenters. The normalized spacial score (nSPS) is 19.5. The largest absolute Gasteiger partial charge is 0.339 e. The van der Waals surface area contributed by atoms with Gasteiger partial charge in [0.15, 0.2) is 0 Å². The van der Waals surface area contributed by atoms with Crippen LogP contribution >= 0.6 is 0 Å². The van der Waals surface area contributed by atoms with E-state index in [0.29, 0.717) is 37.2 Å². The smallest absolute Gasteiger partial charge is 0.253 e. The van der Waals surface area contributed by atoms with Gasteiger partial charge in [-0.1, -0.05) is 6.07 Å². The summed E-state index contributed by atoms with van der Waals surface area (Å²) in [7, 11) is -3.20. The first-order chi connectivity index (χ1) is 12.3. The summed E-state index contributed by atoms with van der Waals surface area (Å²) in [5.74, 6) is -0.338. The summed E-state index contributed by atoms with van der Waals surface area (Å²) in [6, 6.07) is 7.01. The number of piperidine rings is 1. The molecule has 2 heterocycles. The van der Waals surface area contributed by atoms with Crippen LogP contribution in [0.4, 0.5) is 5.69 Å². The molecule has 1 N–H and O–H groups in total. The van der Waals surface area contributed by atoms with Gasteiger partial charge in [0.05, 0.1) is 6.26 Å². The lowest BCUT2D eigenvalue weighted by atomic mass is 9.97. The van der Waals surface area contributed by atoms with Crippen molar-refractivity contribution in [2.75, 3.05) is 37.8 Å². The molecule has 2 fully saturated rings. The van der Waals surface area contributed by atoms with Gasteiger partial charge in [-0.3, -0.25) is 9.59 Å². The summed E-state index contributed by atoms with van der Waals surface area (Å²) >= 11 is 0. The van der Waals surface area contributed by atoms with Crippen molar-refractivity contribution in [3.05, 3.63) is 29.8 Å². The number of amides is 2. The van der Waals surface area contributed by atoms with E-state index < -0.39 is 10.0 Å². The number of hydrogen-bond acceptors (Lipinski definition) is 4. The van der Waals surface area contributed by atoms with Crippen LogP contribution in [0.1, 0.15) is 36.0 Å². The molecular formula is C18H25N3O4S. The Morgan fingerprint density at radius 3 is 2.35 bits per heavy atom. The highest BCUT2D eigenvalue weighted by Crippen LogP contribution is 2.22. The molecular weight excluding hydrogens is 354 g/mol. The number of carbonyl (C=O) groups excluding carboxylic acids is 2. The monoisotopic (exact) mass is 379 g/mol. The van der Waals surface area contributed by atoms with Crippen LogP contribution in [0.3, 0.4) is 0 Å². The van der Waals surface area contributed by atoms with Crippen LogP contribution in [0.2, 0.25) is 0 Å². The molecule has 0 bridgehead atoms. The molecule has 0 spiro atoms. The van der Waals surface area contributed by atoms with E-state index in [1.807, 2.05) is 4.90 Å². The molecule has 8 heteroatoms. The first-order valence-electron chi connectivity index (χ1n) is 9.00. The fourth-order valence-corrected chi connectivity index (χ4v) is 4.40. The standard InChI is InChI=1S/C18H25N3O4S/c1-26(24,25)21-11-7-14(8-12-21)17(22)19-16-6-4-5-15(13-16)18(23)20-9-2-3-10-20/h4-6,13-14H,2-3,7-12H2,1H3,(H,19,22). The highest BCUT2D eigenvalue weighted by atomic mass is 32.2. The second-order valence-electron chi connectivity index (χ2n) is 7.01. The Bertz CT molecular complexity index is 779. The minimum Gasteiger partial charge on any atom is -0.339 e. The van der Waals surface area contributed by atoms with Gasteiger partial charge in [-0.05, 0) is 43.9 Å². The van der Waals surface area contributed by atoms with Crippen LogP contribution in [0.5, 0.6) is 0 Å². The van der Waals surface area contributed by atoms with Crippen molar-refractivity contribution >= 4 is 27.5 Å². The Balaban J connectivity index is 1.60. The fraction of sp³-hybridized carbons (Fsp3) is 0.556. The number of benzene rings is 1. The average molecular weight is 379 g/mol. The molecule has 2 saturated heterocycles. The number of hydrogen-bond donors (Lipinski definition) is 1. The van der Waals surface area contributed by atoms with E-state index in [-0.39, 0.29) is 17.7 Å². The molecule has 2 amide bonds. The number of sulfonamides is 1. The molecule has 0 aliphatic carbocycles. The second kappa shape index (κ2) is 7.75. The summed E-state index contributed by atoms with van der Waals surface area (Å²) in [5.41, 5.74) is 1.18. The SMILES string of the molecule is CS(=O)(=O)N1CCC(C(=O)Nc2cccc(C(=O)N3CCCC3)c2)CC1. The number of nitrogens with one attached hydrogen (secondary N) is 1. The zero-order valence-electron chi connectivity index (χ0n) is 15.0. The van der Waals surface area contributed by atoms with Crippen molar-refractivity contribution in [2.24, 2.45) is 5.92 Å². The summed E-state index contributed by atoms with van der Waals surface area (Å²) in [6.45, 7) is 2.30. The molecule has 7 nitrogen and oxygen atoms in total. The van der Waals surface area contributed by atoms with Gasteiger partial charge in [0.1, 0.15) is 0 Å². The number of nitrogens with zero attached hydrogens (tertiary/aromatic N) is 2. The Kier molecular flexibility index (Phi) is 5.62. The van der Waals surface area contributed by atoms with Crippen molar-refractivity contribution in [2.45, 2.75) is 25.7 Å². The number of likely N-dealkylation sites (tertiary alicyclic amines) is 1. The first kappa shape index (κ1) is 18.8. The van der Waals surface area contributed by atoms with Gasteiger partial charge < -0.3 is 10.2 Å². The van der Waals surface area contributed by atoms with Crippen molar-refractivity contribution in [3.63, 3.8) is 0 Å². The third-order valence-corrected chi connectivity index (χ3v) is 6.37. The molecule has 0 radical (unpaired) electrons. The summed E-state index contributed by atoms with van der Waals surface area (Å²) < 4.78 is 24.5. The maximum absolute atomic E-state index is 12.5. The van der Waals surface area contributed by atoms with Crippen LogP contribution in [0.15, 0.2) is 24.3 Å². The Hall–Kier alpha value is -1.93. The van der Waals surface area contributed by atoms with Gasteiger partial charge in [-0.2, -0.15) is 0 Å². The van der Waals surface area contributed by atoms with E-state index in [1.54, 1.807) is 24.3 Å². The van der Waals surface area contributed by atoms with E-state index in [2.05, 4.69) is 5.32 Å². The number of carbonyl (C=O) groups is 2. The summed E-state index contributed by atoms with van der Waals surface area (Å²) in [6.07, 6.45) is 4.27. The van der Waals surface area contributed by atoms with Crippen LogP contribution in [0, 0.1) is 5.92 Å². The Morgan fingerprint density at radius 2 is 1.73 bits per heavy atom. The molecule has 2 aliphatic heterocycles. The fourth-order valence-electron chi connectivity index (χ4n) is 3.53. The lowest BCUT2D eigenvalue weighted by Crippen LogP contribution is -2.40. The molecule has 1 aromatic carbocycles. The maximum Gasteiger partial charge on any atom is 0.253 e. The van der Waals surface area contributed by atoms with E-state index in [0.717, 1.165) is 25.9 Å². The molecule has 1 aromatic rings. The van der Waals surface area contributed by atoms with Gasteiger partial charge >= 0.3 is 0 Å². The third kappa shape index (κ3) is 4.42. The van der Waals surface area contributed by atoms with Gasteiger partial charge in [0, 0.05) is 43.3 Å². The topological polar surface area (TPSA) is 86.8 Å². The number of anilines is 1. The molecule has 2 aliphatic rings. The molecule has 0 aromatic heterocycles. The Labute approximate surface area is 154 Å². The zero-order valence-corrected chi connectivity index (χ0v) is 15.8. The van der Waals surface area contributed by atoms with Crippen LogP contribution in [0.25, 0.3) is 0 Å². The van der Waals surface area contributed by atoms with Crippen LogP contribution in [-0.2, 0) is 14.8 Å². The lowest BCUT2D eigenvalue weighted by molar-refractivity contribution is -0.120. The van der Waals surface area contributed by atoms with E-state index in [1.165, 1.54) is 10.6 Å². The zero-order chi connectivity index (χ0) is 18.7. The second-order valence-corrected chi connectivity index (χ2v) is 8.99. The van der Waals surface area contributed by atoms with Crippen LogP contribution in [-0.4, -0.2) is 61.9 Å². The minimum absolute atomic E-state index is 0.0000552. The predicted molar refractivity (Wildman–Crippen MR) is 99.4 cm³/mol. The summed E-state index contributed by atoms with van der Waals surface area (Å²) in [4.78, 5) is 26.8. The molecule has 3 rings (SSSR count). The summed E-state index contributed by atoms with van der Waals surface area (Å²) in [5, 5.41) is 2.87. The van der Waals surface area contributed by atoms with Crippen molar-refractivity contribution in [1.29, 1.82) is 0 Å². The third-order valence-electron chi connectivity index (χ3n) is 5.06. The van der Waals surface area contributed by atoms with Crippen LogP contribution < -0.4 is 5.32 Å². The maximum atomic E-state index is 12.5. The van der Waals surface area contributed by atoms with Gasteiger partial charge in [0.25, 0.3) is 5.91 Å². The van der Waals surface area contributed by atoms with E-state index in [9.17, 15) is 18.0 Å². The van der Waals surface area contributed by atoms with E-state index in [4.69, 9.17) is 0 Å².